The van der Waals surface area contributed by atoms with Crippen molar-refractivity contribution in [2.24, 2.45) is 11.7 Å². The van der Waals surface area contributed by atoms with E-state index in [1.807, 2.05) is 0 Å². The molecule has 1 aliphatic rings. The van der Waals surface area contributed by atoms with Gasteiger partial charge in [0, 0.05) is 19.0 Å². The van der Waals surface area contributed by atoms with Crippen LogP contribution in [0.2, 0.25) is 0 Å². The van der Waals surface area contributed by atoms with E-state index in [0.29, 0.717) is 24.9 Å². The standard InChI is InChI=1S/C12H25N3O/c1-10-9-15(2)8-6-11(10)14-12(16)5-3-4-7-13/h10-11H,3-9,13H2,1-2H3,(H,14,16). The molecule has 1 amide bonds. The molecule has 0 aromatic rings. The maximum atomic E-state index is 11.6. The van der Waals surface area contributed by atoms with Crippen molar-refractivity contribution in [1.29, 1.82) is 0 Å². The highest BCUT2D eigenvalue weighted by Crippen LogP contribution is 2.15. The summed E-state index contributed by atoms with van der Waals surface area (Å²) in [5.41, 5.74) is 5.40. The number of likely N-dealkylation sites (tertiary alicyclic amines) is 1. The van der Waals surface area contributed by atoms with Crippen LogP contribution in [0.1, 0.15) is 32.6 Å². The summed E-state index contributed by atoms with van der Waals surface area (Å²) in [6.07, 6.45) is 3.54. The minimum atomic E-state index is 0.190. The number of amides is 1. The minimum absolute atomic E-state index is 0.190. The third kappa shape index (κ3) is 4.49. The second-order valence-electron chi connectivity index (χ2n) is 4.95. The summed E-state index contributed by atoms with van der Waals surface area (Å²) in [6, 6.07) is 0.363. The van der Waals surface area contributed by atoms with Crippen molar-refractivity contribution in [3.8, 4) is 0 Å². The molecule has 16 heavy (non-hydrogen) atoms. The fraction of sp³-hybridized carbons (Fsp3) is 0.917. The Hall–Kier alpha value is -0.610. The molecule has 0 radical (unpaired) electrons. The normalized spacial score (nSPS) is 26.7. The smallest absolute Gasteiger partial charge is 0.220 e. The number of carbonyl (C=O) groups is 1. The molecule has 0 aromatic carbocycles. The quantitative estimate of drug-likeness (QED) is 0.675. The maximum Gasteiger partial charge on any atom is 0.220 e. The first-order valence-corrected chi connectivity index (χ1v) is 6.31. The summed E-state index contributed by atoms with van der Waals surface area (Å²) in [5.74, 6) is 0.743. The van der Waals surface area contributed by atoms with Gasteiger partial charge in [0.25, 0.3) is 0 Å². The summed E-state index contributed by atoms with van der Waals surface area (Å²) in [5, 5.41) is 3.14. The first-order valence-electron chi connectivity index (χ1n) is 6.31. The number of unbranched alkanes of at least 4 members (excludes halogenated alkanes) is 1. The Labute approximate surface area is 98.6 Å². The number of hydrogen-bond donors (Lipinski definition) is 2. The van der Waals surface area contributed by atoms with Crippen LogP contribution in [-0.2, 0) is 4.79 Å². The van der Waals surface area contributed by atoms with Crippen LogP contribution in [0, 0.1) is 5.92 Å². The summed E-state index contributed by atoms with van der Waals surface area (Å²) < 4.78 is 0. The highest BCUT2D eigenvalue weighted by Gasteiger charge is 2.24. The molecule has 4 nitrogen and oxygen atoms in total. The molecule has 2 unspecified atom stereocenters. The lowest BCUT2D eigenvalue weighted by molar-refractivity contribution is -0.122. The van der Waals surface area contributed by atoms with E-state index in [9.17, 15) is 4.79 Å². The zero-order chi connectivity index (χ0) is 12.0. The number of piperidine rings is 1. The highest BCUT2D eigenvalue weighted by molar-refractivity contribution is 5.76. The van der Waals surface area contributed by atoms with Gasteiger partial charge in [0.15, 0.2) is 0 Å². The number of carbonyl (C=O) groups excluding carboxylic acids is 1. The Balaban J connectivity index is 2.22. The van der Waals surface area contributed by atoms with Crippen LogP contribution in [-0.4, -0.2) is 43.5 Å². The SMILES string of the molecule is CC1CN(C)CCC1NC(=O)CCCCN. The van der Waals surface area contributed by atoms with Crippen molar-refractivity contribution < 1.29 is 4.79 Å². The van der Waals surface area contributed by atoms with Gasteiger partial charge in [-0.3, -0.25) is 4.79 Å². The first kappa shape index (κ1) is 13.5. The third-order valence-corrected chi connectivity index (χ3v) is 3.31. The first-order chi connectivity index (χ1) is 7.63. The lowest BCUT2D eigenvalue weighted by Crippen LogP contribution is -2.48. The van der Waals surface area contributed by atoms with E-state index >= 15 is 0 Å². The number of nitrogens with one attached hydrogen (secondary N) is 1. The summed E-state index contributed by atoms with van der Waals surface area (Å²) >= 11 is 0. The highest BCUT2D eigenvalue weighted by atomic mass is 16.1. The van der Waals surface area contributed by atoms with Gasteiger partial charge in [-0.15, -0.1) is 0 Å². The van der Waals surface area contributed by atoms with Crippen molar-refractivity contribution in [1.82, 2.24) is 10.2 Å². The predicted molar refractivity (Wildman–Crippen MR) is 66.1 cm³/mol. The Morgan fingerprint density at radius 3 is 2.88 bits per heavy atom. The van der Waals surface area contributed by atoms with Crippen molar-refractivity contribution in [3.05, 3.63) is 0 Å². The molecule has 1 aliphatic heterocycles. The van der Waals surface area contributed by atoms with Gasteiger partial charge >= 0.3 is 0 Å². The zero-order valence-corrected chi connectivity index (χ0v) is 10.5. The van der Waals surface area contributed by atoms with Gasteiger partial charge in [-0.2, -0.15) is 0 Å². The zero-order valence-electron chi connectivity index (χ0n) is 10.5. The van der Waals surface area contributed by atoms with E-state index in [4.69, 9.17) is 5.73 Å². The molecule has 94 valence electrons. The molecule has 4 heteroatoms. The molecule has 1 rings (SSSR count). The average Bonchev–Trinajstić information content (AvgIpc) is 2.23. The number of rotatable bonds is 5. The van der Waals surface area contributed by atoms with E-state index in [-0.39, 0.29) is 5.91 Å². The largest absolute Gasteiger partial charge is 0.353 e. The van der Waals surface area contributed by atoms with Crippen LogP contribution in [0.15, 0.2) is 0 Å². The maximum absolute atomic E-state index is 11.6. The lowest BCUT2D eigenvalue weighted by Gasteiger charge is -2.35. The minimum Gasteiger partial charge on any atom is -0.353 e. The van der Waals surface area contributed by atoms with E-state index in [1.165, 1.54) is 0 Å². The van der Waals surface area contributed by atoms with Crippen molar-refractivity contribution in [2.75, 3.05) is 26.7 Å². The van der Waals surface area contributed by atoms with E-state index in [0.717, 1.165) is 32.4 Å². The molecule has 1 fully saturated rings. The topological polar surface area (TPSA) is 58.4 Å². The molecular formula is C12H25N3O. The Bertz CT molecular complexity index is 220. The van der Waals surface area contributed by atoms with Gasteiger partial charge in [0.1, 0.15) is 0 Å². The monoisotopic (exact) mass is 227 g/mol. The van der Waals surface area contributed by atoms with Gasteiger partial charge in [-0.1, -0.05) is 6.92 Å². The molecule has 0 bridgehead atoms. The fourth-order valence-electron chi connectivity index (χ4n) is 2.28. The fourth-order valence-corrected chi connectivity index (χ4v) is 2.28. The molecule has 0 aliphatic carbocycles. The molecule has 0 saturated carbocycles. The molecule has 3 N–H and O–H groups in total. The van der Waals surface area contributed by atoms with Crippen LogP contribution in [0.3, 0.4) is 0 Å². The summed E-state index contributed by atoms with van der Waals surface area (Å²) in [7, 11) is 2.13. The molecule has 0 aromatic heterocycles. The molecule has 1 heterocycles. The number of nitrogens with zero attached hydrogens (tertiary/aromatic N) is 1. The van der Waals surface area contributed by atoms with E-state index in [2.05, 4.69) is 24.2 Å². The van der Waals surface area contributed by atoms with Crippen LogP contribution < -0.4 is 11.1 Å². The summed E-state index contributed by atoms with van der Waals surface area (Å²) in [4.78, 5) is 14.0. The van der Waals surface area contributed by atoms with Gasteiger partial charge in [0.2, 0.25) is 5.91 Å². The Morgan fingerprint density at radius 1 is 1.50 bits per heavy atom. The second-order valence-corrected chi connectivity index (χ2v) is 4.95. The third-order valence-electron chi connectivity index (χ3n) is 3.31. The van der Waals surface area contributed by atoms with Crippen LogP contribution in [0.4, 0.5) is 0 Å². The van der Waals surface area contributed by atoms with Crippen LogP contribution >= 0.6 is 0 Å². The van der Waals surface area contributed by atoms with Crippen molar-refractivity contribution in [3.63, 3.8) is 0 Å². The molecule has 0 spiro atoms. The van der Waals surface area contributed by atoms with E-state index in [1.54, 1.807) is 0 Å². The van der Waals surface area contributed by atoms with Gasteiger partial charge in [-0.05, 0) is 45.3 Å². The molecular weight excluding hydrogens is 202 g/mol. The average molecular weight is 227 g/mol. The van der Waals surface area contributed by atoms with E-state index < -0.39 is 0 Å². The van der Waals surface area contributed by atoms with Gasteiger partial charge in [0.05, 0.1) is 0 Å². The Kier molecular flexibility index (Phi) is 5.77. The van der Waals surface area contributed by atoms with Gasteiger partial charge < -0.3 is 16.0 Å². The predicted octanol–water partition coefficient (Wildman–Crippen LogP) is 0.572. The number of nitrogens with two attached hydrogens (primary N) is 1. The Morgan fingerprint density at radius 2 is 2.25 bits per heavy atom. The van der Waals surface area contributed by atoms with Crippen LogP contribution in [0.25, 0.3) is 0 Å². The number of hydrogen-bond acceptors (Lipinski definition) is 3. The molecule has 2 atom stereocenters. The second kappa shape index (κ2) is 6.86. The van der Waals surface area contributed by atoms with Gasteiger partial charge in [-0.25, -0.2) is 0 Å². The van der Waals surface area contributed by atoms with Crippen molar-refractivity contribution in [2.45, 2.75) is 38.6 Å². The van der Waals surface area contributed by atoms with Crippen molar-refractivity contribution >= 4 is 5.91 Å². The summed E-state index contributed by atoms with van der Waals surface area (Å²) in [6.45, 7) is 5.05. The molecule has 1 saturated heterocycles. The lowest BCUT2D eigenvalue weighted by atomic mass is 9.94. The van der Waals surface area contributed by atoms with Crippen LogP contribution in [0.5, 0.6) is 0 Å².